The molecule has 2 N–H and O–H groups in total. The molecule has 35 heavy (non-hydrogen) atoms. The summed E-state index contributed by atoms with van der Waals surface area (Å²) in [6, 6.07) is -2.48. The van der Waals surface area contributed by atoms with Crippen molar-refractivity contribution in [1.82, 2.24) is 15.5 Å². The summed E-state index contributed by atoms with van der Waals surface area (Å²) in [5, 5.41) is 5.00. The maximum Gasteiger partial charge on any atom is 0.522 e. The van der Waals surface area contributed by atoms with Crippen molar-refractivity contribution in [2.24, 2.45) is 23.2 Å². The van der Waals surface area contributed by atoms with Crippen LogP contribution in [0.4, 0.5) is 22.0 Å². The van der Waals surface area contributed by atoms with Crippen LogP contribution in [0.15, 0.2) is 0 Å². The summed E-state index contributed by atoms with van der Waals surface area (Å²) < 4.78 is 69.6. The number of nitrogens with zero attached hydrogens (tertiary/aromatic N) is 1. The van der Waals surface area contributed by atoms with E-state index in [1.165, 1.54) is 4.90 Å². The molecule has 3 rings (SSSR count). The molecule has 2 aliphatic heterocycles. The number of Topliss-reactive ketones (excluding diaryl/α,β-unsaturated/α-hetero) is 1. The van der Waals surface area contributed by atoms with Crippen molar-refractivity contribution in [1.29, 1.82) is 0 Å². The molecule has 0 bridgehead atoms. The number of ether oxygens (including phenoxy) is 2. The van der Waals surface area contributed by atoms with Crippen molar-refractivity contribution >= 4 is 23.5 Å². The van der Waals surface area contributed by atoms with Gasteiger partial charge in [-0.05, 0) is 30.1 Å². The Labute approximate surface area is 198 Å². The number of amides is 3. The molecule has 1 saturated carbocycles. The number of likely N-dealkylation sites (tertiary alicyclic amines) is 1. The van der Waals surface area contributed by atoms with Gasteiger partial charge in [-0.2, -0.15) is 8.78 Å². The standard InChI is InChI=1S/C21H28F5N3O6/c1-20(2)11-8-29(14(31)4-6-34-19(22)23)16(15(11)20)18(33)28-12(7-10-3-5-27-17(10)32)13(30)9-35-21(24,25)26/h10-12,15-16,19H,3-9H2,1-2H3,(H,27,32)(H,28,33)/t10-,11-,12-,15?,16-/m0/s1. The zero-order valence-corrected chi connectivity index (χ0v) is 19.2. The van der Waals surface area contributed by atoms with Crippen molar-refractivity contribution in [3.8, 4) is 0 Å². The minimum absolute atomic E-state index is 0.0402. The number of carbonyl (C=O) groups excluding carboxylic acids is 4. The number of nitrogens with one attached hydrogen (secondary N) is 2. The Kier molecular flexibility index (Phi) is 8.04. The van der Waals surface area contributed by atoms with E-state index in [0.29, 0.717) is 13.0 Å². The second kappa shape index (κ2) is 10.3. The number of hydrogen-bond donors (Lipinski definition) is 2. The predicted octanol–water partition coefficient (Wildman–Crippen LogP) is 1.22. The van der Waals surface area contributed by atoms with Crippen LogP contribution in [0.5, 0.6) is 0 Å². The number of ketones is 1. The van der Waals surface area contributed by atoms with Gasteiger partial charge in [0.1, 0.15) is 12.6 Å². The first-order valence-electron chi connectivity index (χ1n) is 11.2. The smallest absolute Gasteiger partial charge is 0.356 e. The Morgan fingerprint density at radius 1 is 1.26 bits per heavy atom. The van der Waals surface area contributed by atoms with E-state index in [1.807, 2.05) is 13.8 Å². The molecule has 0 spiro atoms. The number of alkyl halides is 5. The number of piperidine rings is 1. The second-order valence-electron chi connectivity index (χ2n) is 9.60. The highest BCUT2D eigenvalue weighted by molar-refractivity contribution is 5.95. The van der Waals surface area contributed by atoms with Crippen LogP contribution in [0.3, 0.4) is 0 Å². The lowest BCUT2D eigenvalue weighted by Gasteiger charge is -2.31. The number of hydrogen-bond acceptors (Lipinski definition) is 6. The van der Waals surface area contributed by atoms with Crippen molar-refractivity contribution in [2.45, 2.75) is 58.2 Å². The van der Waals surface area contributed by atoms with Gasteiger partial charge in [0.15, 0.2) is 5.78 Å². The monoisotopic (exact) mass is 513 g/mol. The highest BCUT2D eigenvalue weighted by atomic mass is 19.4. The molecule has 1 aliphatic carbocycles. The average molecular weight is 513 g/mol. The largest absolute Gasteiger partial charge is 0.522 e. The van der Waals surface area contributed by atoms with Gasteiger partial charge in [0.25, 0.3) is 0 Å². The fourth-order valence-corrected chi connectivity index (χ4v) is 5.16. The normalized spacial score (nSPS) is 28.0. The molecule has 1 unspecified atom stereocenters. The topological polar surface area (TPSA) is 114 Å². The molecule has 3 amide bonds. The Hall–Kier alpha value is -2.35. The molecule has 0 aromatic rings. The van der Waals surface area contributed by atoms with Gasteiger partial charge in [-0.1, -0.05) is 13.8 Å². The van der Waals surface area contributed by atoms with E-state index in [-0.39, 0.29) is 36.1 Å². The number of rotatable bonds is 11. The van der Waals surface area contributed by atoms with E-state index in [1.54, 1.807) is 0 Å². The van der Waals surface area contributed by atoms with E-state index in [2.05, 4.69) is 20.1 Å². The number of carbonyl (C=O) groups is 4. The fourth-order valence-electron chi connectivity index (χ4n) is 5.16. The summed E-state index contributed by atoms with van der Waals surface area (Å²) >= 11 is 0. The molecule has 0 aromatic heterocycles. The summed E-state index contributed by atoms with van der Waals surface area (Å²) in [7, 11) is 0. The molecular weight excluding hydrogens is 485 g/mol. The first kappa shape index (κ1) is 27.2. The zero-order valence-electron chi connectivity index (χ0n) is 19.2. The highest BCUT2D eigenvalue weighted by Crippen LogP contribution is 2.64. The van der Waals surface area contributed by atoms with Crippen molar-refractivity contribution < 1.29 is 50.6 Å². The van der Waals surface area contributed by atoms with Crippen LogP contribution in [0, 0.1) is 23.2 Å². The van der Waals surface area contributed by atoms with Gasteiger partial charge in [0, 0.05) is 19.0 Å². The molecule has 2 heterocycles. The maximum absolute atomic E-state index is 13.3. The van der Waals surface area contributed by atoms with Crippen LogP contribution in [0.1, 0.15) is 33.1 Å². The molecule has 3 fully saturated rings. The Morgan fingerprint density at radius 3 is 2.51 bits per heavy atom. The summed E-state index contributed by atoms with van der Waals surface area (Å²) in [6.45, 7) is -0.623. The fraction of sp³-hybridized carbons (Fsp3) is 0.810. The van der Waals surface area contributed by atoms with Gasteiger partial charge >= 0.3 is 13.0 Å². The van der Waals surface area contributed by atoms with Crippen LogP contribution in [-0.4, -0.2) is 79.8 Å². The lowest BCUT2D eigenvalue weighted by molar-refractivity contribution is -0.321. The van der Waals surface area contributed by atoms with E-state index in [0.717, 1.165) is 0 Å². The summed E-state index contributed by atoms with van der Waals surface area (Å²) in [5.74, 6) is -3.80. The van der Waals surface area contributed by atoms with Gasteiger partial charge in [-0.15, -0.1) is 13.2 Å². The van der Waals surface area contributed by atoms with Crippen LogP contribution in [0.25, 0.3) is 0 Å². The second-order valence-corrected chi connectivity index (χ2v) is 9.60. The molecule has 3 aliphatic rings. The molecule has 198 valence electrons. The van der Waals surface area contributed by atoms with Crippen molar-refractivity contribution in [3.05, 3.63) is 0 Å². The van der Waals surface area contributed by atoms with E-state index < -0.39 is 68.2 Å². The summed E-state index contributed by atoms with van der Waals surface area (Å²) in [5.41, 5.74) is -0.303. The van der Waals surface area contributed by atoms with Gasteiger partial charge in [-0.3, -0.25) is 23.9 Å². The lowest BCUT2D eigenvalue weighted by atomic mass is 9.94. The summed E-state index contributed by atoms with van der Waals surface area (Å²) in [4.78, 5) is 51.6. The van der Waals surface area contributed by atoms with E-state index >= 15 is 0 Å². The van der Waals surface area contributed by atoms with Crippen molar-refractivity contribution in [3.63, 3.8) is 0 Å². The lowest BCUT2D eigenvalue weighted by Crippen LogP contribution is -2.54. The first-order valence-corrected chi connectivity index (χ1v) is 11.2. The predicted molar refractivity (Wildman–Crippen MR) is 108 cm³/mol. The van der Waals surface area contributed by atoms with Crippen LogP contribution in [0.2, 0.25) is 0 Å². The molecular formula is C21H28F5N3O6. The first-order chi connectivity index (χ1) is 16.2. The number of halogens is 5. The molecule has 0 aromatic carbocycles. The number of fused-ring (bicyclic) bond motifs is 1. The van der Waals surface area contributed by atoms with Gasteiger partial charge in [-0.25, -0.2) is 0 Å². The van der Waals surface area contributed by atoms with Gasteiger partial charge in [0.05, 0.1) is 19.1 Å². The zero-order chi connectivity index (χ0) is 26.1. The van der Waals surface area contributed by atoms with E-state index in [9.17, 15) is 41.1 Å². The minimum Gasteiger partial charge on any atom is -0.356 e. The molecule has 9 nitrogen and oxygen atoms in total. The highest BCUT2D eigenvalue weighted by Gasteiger charge is 2.69. The third kappa shape index (κ3) is 6.46. The Balaban J connectivity index is 1.72. The molecule has 0 radical (unpaired) electrons. The minimum atomic E-state index is -5.06. The molecule has 2 saturated heterocycles. The SMILES string of the molecule is CC1(C)C2[C@@H](C(=O)N[C@@H](C[C@@H]3CCNC3=O)C(=O)COC(F)(F)F)N(C(=O)CCOC(F)F)C[C@@H]21. The maximum atomic E-state index is 13.3. The third-order valence-corrected chi connectivity index (χ3v) is 7.12. The van der Waals surface area contributed by atoms with Gasteiger partial charge in [0.2, 0.25) is 17.7 Å². The molecule has 14 heteroatoms. The van der Waals surface area contributed by atoms with Crippen LogP contribution >= 0.6 is 0 Å². The van der Waals surface area contributed by atoms with E-state index in [4.69, 9.17) is 0 Å². The van der Waals surface area contributed by atoms with Gasteiger partial charge < -0.3 is 20.3 Å². The Bertz CT molecular complexity index is 852. The average Bonchev–Trinajstić information content (AvgIpc) is 3.10. The van der Waals surface area contributed by atoms with Crippen LogP contribution in [-0.2, 0) is 28.7 Å². The quantitative estimate of drug-likeness (QED) is 0.402. The third-order valence-electron chi connectivity index (χ3n) is 7.12. The van der Waals surface area contributed by atoms with Crippen LogP contribution < -0.4 is 10.6 Å². The molecule has 5 atom stereocenters. The summed E-state index contributed by atoms with van der Waals surface area (Å²) in [6.07, 6.45) is -5.33. The Morgan fingerprint density at radius 2 is 1.94 bits per heavy atom. The van der Waals surface area contributed by atoms with Crippen molar-refractivity contribution in [2.75, 3.05) is 26.3 Å².